The summed E-state index contributed by atoms with van der Waals surface area (Å²) in [5, 5.41) is 2.94. The lowest BCUT2D eigenvalue weighted by atomic mass is 10.0. The molecular weight excluding hydrogens is 280 g/mol. The van der Waals surface area contributed by atoms with Gasteiger partial charge in [0, 0.05) is 24.6 Å². The maximum atomic E-state index is 12.6. The first-order valence-corrected chi connectivity index (χ1v) is 7.49. The monoisotopic (exact) mass is 300 g/mol. The Morgan fingerprint density at radius 3 is 2.86 bits per heavy atom. The van der Waals surface area contributed by atoms with Crippen molar-refractivity contribution in [3.05, 3.63) is 42.5 Å². The lowest BCUT2D eigenvalue weighted by molar-refractivity contribution is 0.160. The number of carbonyl (C=O) groups is 1. The van der Waals surface area contributed by atoms with E-state index in [4.69, 9.17) is 4.74 Å². The molecule has 0 aliphatic carbocycles. The van der Waals surface area contributed by atoms with Crippen LogP contribution in [0.15, 0.2) is 36.7 Å². The number of anilines is 1. The first kappa shape index (κ1) is 14.4. The molecule has 6 nitrogen and oxygen atoms in total. The SMILES string of the molecule is COc1ccc(NC(=O)N2CCCC[C@H]2c2ncc[nH]2)cc1. The number of hydrogen-bond donors (Lipinski definition) is 2. The summed E-state index contributed by atoms with van der Waals surface area (Å²) in [6, 6.07) is 7.25. The van der Waals surface area contributed by atoms with Crippen molar-refractivity contribution >= 4 is 11.7 Å². The third kappa shape index (κ3) is 3.05. The predicted molar refractivity (Wildman–Crippen MR) is 83.9 cm³/mol. The van der Waals surface area contributed by atoms with Crippen molar-refractivity contribution in [3.8, 4) is 5.75 Å². The topological polar surface area (TPSA) is 70.2 Å². The number of likely N-dealkylation sites (tertiary alicyclic amines) is 1. The second-order valence-electron chi connectivity index (χ2n) is 5.34. The second-order valence-corrected chi connectivity index (χ2v) is 5.34. The summed E-state index contributed by atoms with van der Waals surface area (Å²) in [5.74, 6) is 1.62. The van der Waals surface area contributed by atoms with Crippen LogP contribution < -0.4 is 10.1 Å². The van der Waals surface area contributed by atoms with Gasteiger partial charge in [-0.05, 0) is 43.5 Å². The molecule has 1 fully saturated rings. The van der Waals surface area contributed by atoms with Gasteiger partial charge in [0.1, 0.15) is 11.6 Å². The van der Waals surface area contributed by atoms with Gasteiger partial charge in [-0.3, -0.25) is 0 Å². The van der Waals surface area contributed by atoms with Gasteiger partial charge in [-0.25, -0.2) is 9.78 Å². The van der Waals surface area contributed by atoms with Crippen LogP contribution in [-0.2, 0) is 0 Å². The van der Waals surface area contributed by atoms with Crippen molar-refractivity contribution < 1.29 is 9.53 Å². The van der Waals surface area contributed by atoms with Crippen LogP contribution in [0.5, 0.6) is 5.75 Å². The number of imidazole rings is 1. The first-order chi connectivity index (χ1) is 10.8. The average molecular weight is 300 g/mol. The van der Waals surface area contributed by atoms with Crippen LogP contribution in [0.3, 0.4) is 0 Å². The molecular formula is C16H20N4O2. The minimum absolute atomic E-state index is 0.0157. The summed E-state index contributed by atoms with van der Waals surface area (Å²) in [4.78, 5) is 21.9. The molecule has 1 aliphatic heterocycles. The van der Waals surface area contributed by atoms with Gasteiger partial charge in [0.15, 0.2) is 0 Å². The molecule has 116 valence electrons. The first-order valence-electron chi connectivity index (χ1n) is 7.49. The highest BCUT2D eigenvalue weighted by molar-refractivity contribution is 5.89. The van der Waals surface area contributed by atoms with Gasteiger partial charge in [-0.2, -0.15) is 0 Å². The van der Waals surface area contributed by atoms with Gasteiger partial charge in [0.2, 0.25) is 0 Å². The van der Waals surface area contributed by atoms with E-state index in [0.717, 1.165) is 43.1 Å². The number of hydrogen-bond acceptors (Lipinski definition) is 3. The molecule has 6 heteroatoms. The Hall–Kier alpha value is -2.50. The van der Waals surface area contributed by atoms with E-state index < -0.39 is 0 Å². The minimum Gasteiger partial charge on any atom is -0.497 e. The van der Waals surface area contributed by atoms with Crippen LogP contribution in [0.25, 0.3) is 0 Å². The van der Waals surface area contributed by atoms with Crippen molar-refractivity contribution in [3.63, 3.8) is 0 Å². The Bertz CT molecular complexity index is 610. The molecule has 1 saturated heterocycles. The second kappa shape index (κ2) is 6.51. The van der Waals surface area contributed by atoms with Crippen LogP contribution >= 0.6 is 0 Å². The van der Waals surface area contributed by atoms with Gasteiger partial charge in [0.05, 0.1) is 13.2 Å². The molecule has 0 radical (unpaired) electrons. The van der Waals surface area contributed by atoms with E-state index in [2.05, 4.69) is 15.3 Å². The summed E-state index contributed by atoms with van der Waals surface area (Å²) in [5.41, 5.74) is 0.759. The summed E-state index contributed by atoms with van der Waals surface area (Å²) < 4.78 is 5.12. The van der Waals surface area contributed by atoms with E-state index in [1.807, 2.05) is 29.2 Å². The van der Waals surface area contributed by atoms with E-state index in [0.29, 0.717) is 0 Å². The number of amides is 2. The summed E-state index contributed by atoms with van der Waals surface area (Å²) in [6.07, 6.45) is 6.58. The third-order valence-corrected chi connectivity index (χ3v) is 3.94. The van der Waals surface area contributed by atoms with Crippen molar-refractivity contribution in [2.24, 2.45) is 0 Å². The fraction of sp³-hybridized carbons (Fsp3) is 0.375. The van der Waals surface area contributed by atoms with E-state index >= 15 is 0 Å². The Labute approximate surface area is 129 Å². The smallest absolute Gasteiger partial charge is 0.322 e. The Morgan fingerprint density at radius 2 is 2.18 bits per heavy atom. The molecule has 2 amide bonds. The van der Waals surface area contributed by atoms with Crippen LogP contribution in [0, 0.1) is 0 Å². The summed E-state index contributed by atoms with van der Waals surface area (Å²) >= 11 is 0. The van der Waals surface area contributed by atoms with Crippen molar-refractivity contribution in [2.75, 3.05) is 19.0 Å². The lowest BCUT2D eigenvalue weighted by Gasteiger charge is -2.34. The van der Waals surface area contributed by atoms with Gasteiger partial charge < -0.3 is 19.9 Å². The Morgan fingerprint density at radius 1 is 1.36 bits per heavy atom. The maximum Gasteiger partial charge on any atom is 0.322 e. The normalized spacial score (nSPS) is 18.0. The molecule has 2 heterocycles. The van der Waals surface area contributed by atoms with Crippen molar-refractivity contribution in [1.29, 1.82) is 0 Å². The molecule has 2 N–H and O–H groups in total. The number of methoxy groups -OCH3 is 1. The fourth-order valence-corrected chi connectivity index (χ4v) is 2.79. The number of urea groups is 1. The molecule has 0 bridgehead atoms. The van der Waals surface area contributed by atoms with Gasteiger partial charge >= 0.3 is 6.03 Å². The number of aromatic nitrogens is 2. The number of carbonyl (C=O) groups excluding carboxylic acids is 1. The Kier molecular flexibility index (Phi) is 4.27. The molecule has 1 atom stereocenters. The van der Waals surface area contributed by atoms with E-state index in [1.165, 1.54) is 0 Å². The number of rotatable bonds is 3. The molecule has 0 unspecified atom stereocenters. The number of ether oxygens (including phenoxy) is 1. The number of H-pyrrole nitrogens is 1. The quantitative estimate of drug-likeness (QED) is 0.914. The van der Waals surface area contributed by atoms with Crippen LogP contribution in [0.2, 0.25) is 0 Å². The molecule has 1 aromatic heterocycles. The molecule has 1 aromatic carbocycles. The summed E-state index contributed by atoms with van der Waals surface area (Å²) in [7, 11) is 1.62. The highest BCUT2D eigenvalue weighted by Gasteiger charge is 2.29. The fourth-order valence-electron chi connectivity index (χ4n) is 2.79. The standard InChI is InChI=1S/C16H20N4O2/c1-22-13-7-5-12(6-8-13)19-16(21)20-11-3-2-4-14(20)15-17-9-10-18-15/h5-10,14H,2-4,11H2,1H3,(H,17,18)(H,19,21)/t14-/m0/s1. The zero-order valence-electron chi connectivity index (χ0n) is 12.6. The zero-order valence-corrected chi connectivity index (χ0v) is 12.6. The van der Waals surface area contributed by atoms with E-state index in [1.54, 1.807) is 19.5 Å². The molecule has 2 aromatic rings. The van der Waals surface area contributed by atoms with Gasteiger partial charge in [0.25, 0.3) is 0 Å². The van der Waals surface area contributed by atoms with E-state index in [9.17, 15) is 4.79 Å². The lowest BCUT2D eigenvalue weighted by Crippen LogP contribution is -2.41. The van der Waals surface area contributed by atoms with Crippen molar-refractivity contribution in [1.82, 2.24) is 14.9 Å². The van der Waals surface area contributed by atoms with Gasteiger partial charge in [-0.15, -0.1) is 0 Å². The minimum atomic E-state index is -0.0914. The maximum absolute atomic E-state index is 12.6. The summed E-state index contributed by atoms with van der Waals surface area (Å²) in [6.45, 7) is 0.743. The average Bonchev–Trinajstić information content (AvgIpc) is 3.10. The highest BCUT2D eigenvalue weighted by Crippen LogP contribution is 2.29. The largest absolute Gasteiger partial charge is 0.497 e. The van der Waals surface area contributed by atoms with Crippen LogP contribution in [0.4, 0.5) is 10.5 Å². The molecule has 1 aliphatic rings. The highest BCUT2D eigenvalue weighted by atomic mass is 16.5. The number of benzene rings is 1. The van der Waals surface area contributed by atoms with Crippen molar-refractivity contribution in [2.45, 2.75) is 25.3 Å². The number of nitrogens with zero attached hydrogens (tertiary/aromatic N) is 2. The van der Waals surface area contributed by atoms with Crippen LogP contribution in [0.1, 0.15) is 31.1 Å². The van der Waals surface area contributed by atoms with E-state index in [-0.39, 0.29) is 12.1 Å². The molecule has 0 saturated carbocycles. The molecule has 0 spiro atoms. The van der Waals surface area contributed by atoms with Gasteiger partial charge in [-0.1, -0.05) is 0 Å². The number of piperidine rings is 1. The number of nitrogens with one attached hydrogen (secondary N) is 2. The predicted octanol–water partition coefficient (Wildman–Crippen LogP) is 3.18. The zero-order chi connectivity index (χ0) is 15.4. The Balaban J connectivity index is 1.71. The number of aromatic amines is 1. The third-order valence-electron chi connectivity index (χ3n) is 3.94. The molecule has 22 heavy (non-hydrogen) atoms. The van der Waals surface area contributed by atoms with Crippen LogP contribution in [-0.4, -0.2) is 34.6 Å². The molecule has 3 rings (SSSR count).